The Hall–Kier alpha value is -0.780. The van der Waals surface area contributed by atoms with Gasteiger partial charge in [-0.15, -0.1) is 23.7 Å². The van der Waals surface area contributed by atoms with Crippen molar-refractivity contribution in [2.75, 3.05) is 13.2 Å². The molecule has 0 aliphatic carbocycles. The van der Waals surface area contributed by atoms with Gasteiger partial charge in [-0.3, -0.25) is 0 Å². The van der Waals surface area contributed by atoms with Crippen LogP contribution in [0.2, 0.25) is 0 Å². The van der Waals surface area contributed by atoms with Crippen molar-refractivity contribution in [1.82, 2.24) is 4.90 Å². The van der Waals surface area contributed by atoms with E-state index in [0.29, 0.717) is 13.2 Å². The van der Waals surface area contributed by atoms with E-state index in [2.05, 4.69) is 13.8 Å². The number of ether oxygens (including phenoxy) is 1. The number of halogens is 1. The first kappa shape index (κ1) is 21.2. The molecule has 0 saturated carbocycles. The molecule has 0 spiro atoms. The second kappa shape index (κ2) is 12.7. The lowest BCUT2D eigenvalue weighted by Crippen LogP contribution is -2.35. The average molecular weight is 349 g/mol. The van der Waals surface area contributed by atoms with Crippen molar-refractivity contribution >= 4 is 29.8 Å². The van der Waals surface area contributed by atoms with Gasteiger partial charge >= 0.3 is 6.09 Å². The number of thiophene rings is 1. The molecule has 1 aromatic rings. The largest absolute Gasteiger partial charge is 0.448 e. The molecule has 1 atom stereocenters. The number of hydrogen-bond donors (Lipinski definition) is 1. The second-order valence-corrected chi connectivity index (χ2v) is 6.37. The highest BCUT2D eigenvalue weighted by molar-refractivity contribution is 7.09. The molecule has 1 aromatic heterocycles. The summed E-state index contributed by atoms with van der Waals surface area (Å²) in [5.41, 5.74) is 5.95. The highest BCUT2D eigenvalue weighted by atomic mass is 35.5. The molecule has 0 radical (unpaired) electrons. The van der Waals surface area contributed by atoms with Gasteiger partial charge in [-0.1, -0.05) is 39.2 Å². The van der Waals surface area contributed by atoms with Crippen LogP contribution in [0.15, 0.2) is 17.5 Å². The normalized spacial score (nSPS) is 11.6. The summed E-state index contributed by atoms with van der Waals surface area (Å²) in [4.78, 5) is 15.2. The zero-order valence-corrected chi connectivity index (χ0v) is 15.3. The number of carbonyl (C=O) groups excluding carboxylic acids is 1. The van der Waals surface area contributed by atoms with Crippen molar-refractivity contribution in [3.63, 3.8) is 0 Å². The van der Waals surface area contributed by atoms with Gasteiger partial charge in [0.1, 0.15) is 6.61 Å². The molecule has 2 N–H and O–H groups in total. The zero-order chi connectivity index (χ0) is 15.5. The van der Waals surface area contributed by atoms with Gasteiger partial charge in [-0.05, 0) is 24.3 Å². The summed E-state index contributed by atoms with van der Waals surface area (Å²) in [6.07, 6.45) is 4.90. The number of nitrogens with two attached hydrogens (primary N) is 1. The highest BCUT2D eigenvalue weighted by Gasteiger charge is 2.16. The van der Waals surface area contributed by atoms with E-state index in [1.54, 1.807) is 16.2 Å². The van der Waals surface area contributed by atoms with E-state index < -0.39 is 0 Å². The van der Waals surface area contributed by atoms with Crippen LogP contribution < -0.4 is 5.73 Å². The maximum Gasteiger partial charge on any atom is 0.410 e. The summed E-state index contributed by atoms with van der Waals surface area (Å²) in [5.74, 6) is 0. The minimum atomic E-state index is -0.246. The lowest BCUT2D eigenvalue weighted by molar-refractivity contribution is 0.0931. The van der Waals surface area contributed by atoms with Crippen LogP contribution in [0.4, 0.5) is 4.79 Å². The smallest absolute Gasteiger partial charge is 0.410 e. The summed E-state index contributed by atoms with van der Waals surface area (Å²) >= 11 is 1.66. The molecule has 0 aliphatic heterocycles. The van der Waals surface area contributed by atoms with Crippen LogP contribution in [-0.4, -0.2) is 30.2 Å². The fourth-order valence-corrected chi connectivity index (χ4v) is 2.71. The quantitative estimate of drug-likeness (QED) is 0.680. The number of hydrogen-bond acceptors (Lipinski definition) is 4. The van der Waals surface area contributed by atoms with Crippen LogP contribution in [-0.2, 0) is 11.3 Å². The fraction of sp³-hybridized carbons (Fsp3) is 0.688. The first-order chi connectivity index (χ1) is 10.2. The molecule has 0 bridgehead atoms. The van der Waals surface area contributed by atoms with Crippen LogP contribution in [0.25, 0.3) is 0 Å². The predicted octanol–water partition coefficient (Wildman–Crippen LogP) is 4.43. The van der Waals surface area contributed by atoms with Gasteiger partial charge in [0.05, 0.1) is 6.54 Å². The molecule has 1 unspecified atom stereocenters. The number of nitrogens with zero attached hydrogens (tertiary/aromatic N) is 1. The third kappa shape index (κ3) is 8.61. The topological polar surface area (TPSA) is 55.6 Å². The Morgan fingerprint density at radius 3 is 2.68 bits per heavy atom. The van der Waals surface area contributed by atoms with Crippen LogP contribution in [0.1, 0.15) is 50.8 Å². The lowest BCUT2D eigenvalue weighted by Gasteiger charge is -2.22. The zero-order valence-electron chi connectivity index (χ0n) is 13.6. The van der Waals surface area contributed by atoms with Gasteiger partial charge in [-0.25, -0.2) is 4.79 Å². The van der Waals surface area contributed by atoms with Crippen molar-refractivity contribution in [1.29, 1.82) is 0 Å². The maximum atomic E-state index is 12.2. The van der Waals surface area contributed by atoms with E-state index in [1.165, 1.54) is 4.88 Å². The van der Waals surface area contributed by atoms with Crippen LogP contribution in [0, 0.1) is 0 Å². The van der Waals surface area contributed by atoms with Gasteiger partial charge in [0.2, 0.25) is 0 Å². The molecule has 0 aliphatic rings. The molecule has 0 saturated heterocycles. The minimum Gasteiger partial charge on any atom is -0.448 e. The van der Waals surface area contributed by atoms with E-state index in [0.717, 1.165) is 38.6 Å². The molecule has 0 aromatic carbocycles. The maximum absolute atomic E-state index is 12.2. The lowest BCUT2D eigenvalue weighted by atomic mass is 10.1. The first-order valence-corrected chi connectivity index (χ1v) is 8.75. The van der Waals surface area contributed by atoms with E-state index in [4.69, 9.17) is 10.5 Å². The highest BCUT2D eigenvalue weighted by Crippen LogP contribution is 2.13. The molecule has 1 amide bonds. The molecule has 4 nitrogen and oxygen atoms in total. The van der Waals surface area contributed by atoms with Gasteiger partial charge in [0.15, 0.2) is 0 Å². The molecule has 1 rings (SSSR count). The summed E-state index contributed by atoms with van der Waals surface area (Å²) in [6.45, 7) is 5.92. The van der Waals surface area contributed by atoms with Gasteiger partial charge < -0.3 is 15.4 Å². The predicted molar refractivity (Wildman–Crippen MR) is 95.7 cm³/mol. The van der Waals surface area contributed by atoms with Crippen molar-refractivity contribution in [2.24, 2.45) is 5.73 Å². The van der Waals surface area contributed by atoms with E-state index in [1.807, 2.05) is 17.5 Å². The Kier molecular flexibility index (Phi) is 12.3. The first-order valence-electron chi connectivity index (χ1n) is 7.87. The summed E-state index contributed by atoms with van der Waals surface area (Å²) in [7, 11) is 0. The Morgan fingerprint density at radius 1 is 1.36 bits per heavy atom. The molecular formula is C16H29ClN2O2S. The van der Waals surface area contributed by atoms with Gasteiger partial charge in [0.25, 0.3) is 0 Å². The number of rotatable bonds is 10. The molecule has 22 heavy (non-hydrogen) atoms. The summed E-state index contributed by atoms with van der Waals surface area (Å²) in [5, 5.41) is 2.03. The van der Waals surface area contributed by atoms with E-state index in [-0.39, 0.29) is 24.5 Å². The Labute approximate surface area is 144 Å². The van der Waals surface area contributed by atoms with Crippen molar-refractivity contribution in [2.45, 2.75) is 58.5 Å². The second-order valence-electron chi connectivity index (χ2n) is 5.33. The Morgan fingerprint density at radius 2 is 2.09 bits per heavy atom. The number of amides is 1. The van der Waals surface area contributed by atoms with Crippen molar-refractivity contribution < 1.29 is 9.53 Å². The van der Waals surface area contributed by atoms with Crippen LogP contribution in [0.5, 0.6) is 0 Å². The van der Waals surface area contributed by atoms with Crippen molar-refractivity contribution in [3.8, 4) is 0 Å². The monoisotopic (exact) mass is 348 g/mol. The SMILES string of the molecule is CCCCC(N)COC(=O)N(CCCC)Cc1cccs1.Cl. The van der Waals surface area contributed by atoms with Crippen molar-refractivity contribution in [3.05, 3.63) is 22.4 Å². The van der Waals surface area contributed by atoms with E-state index in [9.17, 15) is 4.79 Å². The van der Waals surface area contributed by atoms with Gasteiger partial charge in [0, 0.05) is 17.5 Å². The van der Waals surface area contributed by atoms with E-state index >= 15 is 0 Å². The average Bonchev–Trinajstić information content (AvgIpc) is 2.99. The minimum absolute atomic E-state index is 0. The molecule has 1 heterocycles. The summed E-state index contributed by atoms with van der Waals surface area (Å²) in [6, 6.07) is 4.00. The third-order valence-electron chi connectivity index (χ3n) is 3.32. The molecule has 128 valence electrons. The molecular weight excluding hydrogens is 320 g/mol. The van der Waals surface area contributed by atoms with Crippen LogP contribution in [0.3, 0.4) is 0 Å². The number of carbonyl (C=O) groups is 1. The fourth-order valence-electron chi connectivity index (χ4n) is 1.99. The Balaban J connectivity index is 0.00000441. The molecule has 0 fully saturated rings. The van der Waals surface area contributed by atoms with Crippen LogP contribution >= 0.6 is 23.7 Å². The number of unbranched alkanes of at least 4 members (excludes halogenated alkanes) is 2. The standard InChI is InChI=1S/C16H28N2O2S.ClH/c1-3-5-8-14(17)13-20-16(19)18(10-6-4-2)12-15-9-7-11-21-15;/h7,9,11,14H,3-6,8,10,12-13,17H2,1-2H3;1H. The third-order valence-corrected chi connectivity index (χ3v) is 4.18. The Bertz CT molecular complexity index is 388. The molecule has 6 heteroatoms. The van der Waals surface area contributed by atoms with Gasteiger partial charge in [-0.2, -0.15) is 0 Å². The summed E-state index contributed by atoms with van der Waals surface area (Å²) < 4.78 is 5.38.